The van der Waals surface area contributed by atoms with Gasteiger partial charge in [-0.25, -0.2) is 0 Å². The van der Waals surface area contributed by atoms with E-state index in [2.05, 4.69) is 5.32 Å². The topological polar surface area (TPSA) is 75.4 Å². The van der Waals surface area contributed by atoms with E-state index in [-0.39, 0.29) is 23.5 Å². The van der Waals surface area contributed by atoms with Crippen molar-refractivity contribution in [1.82, 2.24) is 5.32 Å². The number of aliphatic hydroxyl groups is 1. The molecule has 0 spiro atoms. The summed E-state index contributed by atoms with van der Waals surface area (Å²) in [5, 5.41) is 11.4. The van der Waals surface area contributed by atoms with E-state index in [1.165, 1.54) is 0 Å². The molecule has 0 unspecified atom stereocenters. The number of nitrogens with two attached hydrogens (primary N) is 1. The Labute approximate surface area is 83.9 Å². The SMILES string of the molecule is NC12CCC(C(=O)NCCO)(CC1)C2. The zero-order chi connectivity index (χ0) is 10.2. The standard InChI is InChI=1S/C10H18N2O2/c11-10-3-1-9(7-10,2-4-10)8(14)12-5-6-13/h13H,1-7,11H2,(H,12,14). The van der Waals surface area contributed by atoms with Gasteiger partial charge >= 0.3 is 0 Å². The van der Waals surface area contributed by atoms with Gasteiger partial charge in [0.05, 0.1) is 12.0 Å². The molecule has 0 aliphatic heterocycles. The first-order chi connectivity index (χ1) is 6.60. The van der Waals surface area contributed by atoms with Crippen LogP contribution >= 0.6 is 0 Å². The zero-order valence-electron chi connectivity index (χ0n) is 8.38. The summed E-state index contributed by atoms with van der Waals surface area (Å²) in [6, 6.07) is 0. The number of aliphatic hydroxyl groups excluding tert-OH is 1. The van der Waals surface area contributed by atoms with Gasteiger partial charge in [0.25, 0.3) is 0 Å². The Hall–Kier alpha value is -0.610. The van der Waals surface area contributed by atoms with Gasteiger partial charge in [0.2, 0.25) is 5.91 Å². The highest BCUT2D eigenvalue weighted by Crippen LogP contribution is 2.55. The number of hydrogen-bond donors (Lipinski definition) is 3. The van der Waals surface area contributed by atoms with Crippen LogP contribution in [-0.4, -0.2) is 29.7 Å². The molecule has 0 aromatic heterocycles. The monoisotopic (exact) mass is 198 g/mol. The molecule has 2 aliphatic rings. The van der Waals surface area contributed by atoms with Crippen molar-refractivity contribution in [2.75, 3.05) is 13.2 Å². The maximum atomic E-state index is 11.8. The van der Waals surface area contributed by atoms with Gasteiger partial charge in [0, 0.05) is 12.1 Å². The van der Waals surface area contributed by atoms with E-state index < -0.39 is 0 Å². The minimum absolute atomic E-state index is 0.00951. The average molecular weight is 198 g/mol. The molecule has 4 N–H and O–H groups in total. The van der Waals surface area contributed by atoms with Crippen molar-refractivity contribution in [2.45, 2.75) is 37.6 Å². The van der Waals surface area contributed by atoms with Crippen LogP contribution in [0.15, 0.2) is 0 Å². The van der Waals surface area contributed by atoms with Crippen LogP contribution in [0.25, 0.3) is 0 Å². The molecule has 0 aromatic carbocycles. The fraction of sp³-hybridized carbons (Fsp3) is 0.900. The van der Waals surface area contributed by atoms with E-state index in [1.54, 1.807) is 0 Å². The third-order valence-electron chi connectivity index (χ3n) is 3.77. The Kier molecular flexibility index (Phi) is 2.27. The molecule has 0 radical (unpaired) electrons. The van der Waals surface area contributed by atoms with Crippen LogP contribution in [0.5, 0.6) is 0 Å². The minimum Gasteiger partial charge on any atom is -0.395 e. The molecule has 2 bridgehead atoms. The largest absolute Gasteiger partial charge is 0.395 e. The van der Waals surface area contributed by atoms with Gasteiger partial charge in [-0.1, -0.05) is 0 Å². The first-order valence-corrected chi connectivity index (χ1v) is 5.28. The molecular formula is C10H18N2O2. The number of rotatable bonds is 3. The number of carbonyl (C=O) groups excluding carboxylic acids is 1. The molecule has 0 saturated heterocycles. The fourth-order valence-corrected chi connectivity index (χ4v) is 2.92. The van der Waals surface area contributed by atoms with E-state index in [1.807, 2.05) is 0 Å². The first-order valence-electron chi connectivity index (χ1n) is 5.28. The lowest BCUT2D eigenvalue weighted by Crippen LogP contribution is -2.39. The predicted molar refractivity (Wildman–Crippen MR) is 52.5 cm³/mol. The van der Waals surface area contributed by atoms with Crippen LogP contribution in [-0.2, 0) is 4.79 Å². The van der Waals surface area contributed by atoms with Gasteiger partial charge < -0.3 is 16.2 Å². The molecule has 0 atom stereocenters. The second kappa shape index (κ2) is 3.21. The van der Waals surface area contributed by atoms with Gasteiger partial charge in [-0.3, -0.25) is 4.79 Å². The second-order valence-corrected chi connectivity index (χ2v) is 4.80. The number of nitrogens with one attached hydrogen (secondary N) is 1. The van der Waals surface area contributed by atoms with E-state index >= 15 is 0 Å². The molecule has 80 valence electrons. The molecule has 2 saturated carbocycles. The van der Waals surface area contributed by atoms with Crippen LogP contribution < -0.4 is 11.1 Å². The van der Waals surface area contributed by atoms with Crippen molar-refractivity contribution in [1.29, 1.82) is 0 Å². The van der Waals surface area contributed by atoms with Crippen molar-refractivity contribution in [3.8, 4) is 0 Å². The van der Waals surface area contributed by atoms with Crippen LogP contribution in [0, 0.1) is 5.41 Å². The maximum Gasteiger partial charge on any atom is 0.226 e. The number of amides is 1. The van der Waals surface area contributed by atoms with E-state index in [4.69, 9.17) is 10.8 Å². The molecule has 4 heteroatoms. The molecule has 2 aliphatic carbocycles. The molecule has 1 amide bonds. The van der Waals surface area contributed by atoms with Gasteiger partial charge in [0.15, 0.2) is 0 Å². The van der Waals surface area contributed by atoms with Crippen LogP contribution in [0.2, 0.25) is 0 Å². The molecule has 0 heterocycles. The first kappa shape index (κ1) is 9.93. The molecule has 4 nitrogen and oxygen atoms in total. The van der Waals surface area contributed by atoms with Gasteiger partial charge in [-0.05, 0) is 32.1 Å². The van der Waals surface area contributed by atoms with Crippen molar-refractivity contribution in [3.63, 3.8) is 0 Å². The van der Waals surface area contributed by atoms with Crippen LogP contribution in [0.4, 0.5) is 0 Å². The Morgan fingerprint density at radius 3 is 2.43 bits per heavy atom. The number of hydrogen-bond acceptors (Lipinski definition) is 3. The smallest absolute Gasteiger partial charge is 0.226 e. The summed E-state index contributed by atoms with van der Waals surface area (Å²) in [7, 11) is 0. The van der Waals surface area contributed by atoms with Gasteiger partial charge in [-0.2, -0.15) is 0 Å². The lowest BCUT2D eigenvalue weighted by Gasteiger charge is -2.25. The Balaban J connectivity index is 2.01. The van der Waals surface area contributed by atoms with Crippen molar-refractivity contribution in [3.05, 3.63) is 0 Å². The number of fused-ring (bicyclic) bond motifs is 2. The summed E-state index contributed by atoms with van der Waals surface area (Å²) in [6.45, 7) is 0.369. The van der Waals surface area contributed by atoms with Crippen LogP contribution in [0.3, 0.4) is 0 Å². The van der Waals surface area contributed by atoms with E-state index in [0.29, 0.717) is 6.54 Å². The third kappa shape index (κ3) is 1.42. The summed E-state index contributed by atoms with van der Waals surface area (Å²) >= 11 is 0. The normalized spacial score (nSPS) is 40.1. The maximum absolute atomic E-state index is 11.8. The summed E-state index contributed by atoms with van der Waals surface area (Å²) in [4.78, 5) is 11.8. The lowest BCUT2D eigenvalue weighted by molar-refractivity contribution is -0.130. The highest BCUT2D eigenvalue weighted by Gasteiger charge is 2.56. The van der Waals surface area contributed by atoms with Crippen molar-refractivity contribution < 1.29 is 9.90 Å². The minimum atomic E-state index is -0.204. The Morgan fingerprint density at radius 1 is 1.36 bits per heavy atom. The average Bonchev–Trinajstić information content (AvgIpc) is 2.68. The van der Waals surface area contributed by atoms with E-state index in [9.17, 15) is 4.79 Å². The second-order valence-electron chi connectivity index (χ2n) is 4.80. The number of carbonyl (C=O) groups is 1. The molecular weight excluding hydrogens is 180 g/mol. The van der Waals surface area contributed by atoms with E-state index in [0.717, 1.165) is 32.1 Å². The fourth-order valence-electron chi connectivity index (χ4n) is 2.92. The van der Waals surface area contributed by atoms with Crippen molar-refractivity contribution >= 4 is 5.91 Å². The third-order valence-corrected chi connectivity index (χ3v) is 3.77. The Morgan fingerprint density at radius 2 is 2.00 bits per heavy atom. The van der Waals surface area contributed by atoms with Crippen molar-refractivity contribution in [2.24, 2.45) is 11.1 Å². The molecule has 2 fully saturated rings. The molecule has 14 heavy (non-hydrogen) atoms. The summed E-state index contributed by atoms with van der Waals surface area (Å²) in [5.41, 5.74) is 5.84. The summed E-state index contributed by atoms with van der Waals surface area (Å²) in [6.07, 6.45) is 4.61. The summed E-state index contributed by atoms with van der Waals surface area (Å²) < 4.78 is 0. The van der Waals surface area contributed by atoms with Gasteiger partial charge in [-0.15, -0.1) is 0 Å². The highest BCUT2D eigenvalue weighted by molar-refractivity contribution is 5.83. The lowest BCUT2D eigenvalue weighted by atomic mass is 9.83. The summed E-state index contributed by atoms with van der Waals surface area (Å²) in [5.74, 6) is 0.0939. The van der Waals surface area contributed by atoms with Gasteiger partial charge in [0.1, 0.15) is 0 Å². The predicted octanol–water partition coefficient (Wildman–Crippen LogP) is -0.244. The quantitative estimate of drug-likeness (QED) is 0.585. The van der Waals surface area contributed by atoms with Crippen LogP contribution in [0.1, 0.15) is 32.1 Å². The Bertz CT molecular complexity index is 245. The molecule has 2 rings (SSSR count). The molecule has 0 aromatic rings. The highest BCUT2D eigenvalue weighted by atomic mass is 16.3. The zero-order valence-corrected chi connectivity index (χ0v) is 8.38.